The average molecular weight is 227 g/mol. The number of nitriles is 1. The third-order valence-corrected chi connectivity index (χ3v) is 2.15. The molecule has 15 heavy (non-hydrogen) atoms. The first kappa shape index (κ1) is 13.7. The molecular formula is C11H15ClN2O. The molecule has 0 spiro atoms. The predicted molar refractivity (Wildman–Crippen MR) is 61.2 cm³/mol. The van der Waals surface area contributed by atoms with Crippen molar-refractivity contribution in [1.29, 1.82) is 5.26 Å². The first-order valence-electron chi connectivity index (χ1n) is 4.86. The number of aryl methyl sites for hydroxylation is 1. The van der Waals surface area contributed by atoms with Gasteiger partial charge in [-0.15, -0.1) is 0 Å². The Labute approximate surface area is 95.7 Å². The van der Waals surface area contributed by atoms with Crippen molar-refractivity contribution < 1.29 is 4.74 Å². The van der Waals surface area contributed by atoms with Gasteiger partial charge < -0.3 is 4.74 Å². The summed E-state index contributed by atoms with van der Waals surface area (Å²) in [5.74, 6) is 0.364. The second kappa shape index (κ2) is 7.08. The smallest absolute Gasteiger partial charge is 0.184 e. The van der Waals surface area contributed by atoms with Crippen molar-refractivity contribution in [1.82, 2.24) is 4.98 Å². The molecule has 1 rings (SSSR count). The minimum absolute atomic E-state index is 0.227. The fourth-order valence-electron chi connectivity index (χ4n) is 1.02. The Kier molecular flexibility index (Phi) is 6.48. The lowest BCUT2D eigenvalue weighted by Gasteiger charge is -2.07. The van der Waals surface area contributed by atoms with Crippen molar-refractivity contribution in [2.24, 2.45) is 0 Å². The van der Waals surface area contributed by atoms with E-state index in [2.05, 4.69) is 4.98 Å². The van der Waals surface area contributed by atoms with Crippen molar-refractivity contribution in [3.8, 4) is 11.8 Å². The molecule has 1 heterocycles. The molecule has 0 bridgehead atoms. The van der Waals surface area contributed by atoms with Crippen LogP contribution in [0.1, 0.15) is 32.0 Å². The minimum Gasteiger partial charge on any atom is -0.492 e. The monoisotopic (exact) mass is 226 g/mol. The second-order valence-electron chi connectivity index (χ2n) is 2.44. The zero-order chi connectivity index (χ0) is 11.8. The third-order valence-electron chi connectivity index (χ3n) is 1.74. The van der Waals surface area contributed by atoms with Crippen LogP contribution in [0.3, 0.4) is 0 Å². The highest BCUT2D eigenvalue weighted by Crippen LogP contribution is 2.30. The molecule has 0 fully saturated rings. The summed E-state index contributed by atoms with van der Waals surface area (Å²) in [4.78, 5) is 3.93. The van der Waals surface area contributed by atoms with Crippen LogP contribution in [0.2, 0.25) is 5.02 Å². The lowest BCUT2D eigenvalue weighted by molar-refractivity contribution is 0.411. The van der Waals surface area contributed by atoms with E-state index in [9.17, 15) is 0 Å². The Hall–Kier alpha value is -1.27. The van der Waals surface area contributed by atoms with Crippen LogP contribution in [0.5, 0.6) is 5.75 Å². The van der Waals surface area contributed by atoms with Crippen LogP contribution in [0.4, 0.5) is 0 Å². The molecule has 82 valence electrons. The van der Waals surface area contributed by atoms with Crippen LogP contribution in [0, 0.1) is 11.3 Å². The van der Waals surface area contributed by atoms with Gasteiger partial charge in [-0.2, -0.15) is 5.26 Å². The first-order valence-corrected chi connectivity index (χ1v) is 5.23. The molecule has 0 amide bonds. The molecule has 0 aliphatic carbocycles. The Morgan fingerprint density at radius 1 is 1.53 bits per heavy atom. The summed E-state index contributed by atoms with van der Waals surface area (Å²) >= 11 is 5.98. The van der Waals surface area contributed by atoms with Gasteiger partial charge in [0.05, 0.1) is 12.1 Å². The quantitative estimate of drug-likeness (QED) is 0.778. The molecule has 1 aromatic rings. The molecule has 4 heteroatoms. The number of aromatic nitrogens is 1. The van der Waals surface area contributed by atoms with Gasteiger partial charge in [0.2, 0.25) is 0 Å². The average Bonchev–Trinajstić information content (AvgIpc) is 2.31. The van der Waals surface area contributed by atoms with Gasteiger partial charge >= 0.3 is 0 Å². The molecule has 1 aromatic heterocycles. The van der Waals surface area contributed by atoms with Gasteiger partial charge in [0.1, 0.15) is 6.07 Å². The van der Waals surface area contributed by atoms with Gasteiger partial charge in [0.25, 0.3) is 0 Å². The van der Waals surface area contributed by atoms with Gasteiger partial charge in [-0.25, -0.2) is 4.98 Å². The summed E-state index contributed by atoms with van der Waals surface area (Å²) in [6.45, 7) is 5.97. The normalized spacial score (nSPS) is 8.53. The molecule has 0 saturated carbocycles. The number of hydrogen-bond acceptors (Lipinski definition) is 3. The van der Waals surface area contributed by atoms with Crippen molar-refractivity contribution in [2.75, 3.05) is 7.11 Å². The molecular weight excluding hydrogens is 212 g/mol. The summed E-state index contributed by atoms with van der Waals surface area (Å²) in [5.41, 5.74) is 1.11. The summed E-state index contributed by atoms with van der Waals surface area (Å²) in [7, 11) is 1.48. The zero-order valence-corrected chi connectivity index (χ0v) is 10.2. The molecule has 0 radical (unpaired) electrons. The van der Waals surface area contributed by atoms with Crippen molar-refractivity contribution in [3.63, 3.8) is 0 Å². The Balaban J connectivity index is 0.000000921. The SMILES string of the molecule is CC.CCc1cnc(C#N)c(OC)c1Cl. The third kappa shape index (κ3) is 3.10. The number of methoxy groups -OCH3 is 1. The molecule has 0 aromatic carbocycles. The summed E-state index contributed by atoms with van der Waals surface area (Å²) in [6.07, 6.45) is 2.37. The number of rotatable bonds is 2. The van der Waals surface area contributed by atoms with E-state index in [1.54, 1.807) is 6.20 Å². The van der Waals surface area contributed by atoms with Crippen LogP contribution in [-0.4, -0.2) is 12.1 Å². The summed E-state index contributed by atoms with van der Waals surface area (Å²) < 4.78 is 4.99. The van der Waals surface area contributed by atoms with E-state index in [-0.39, 0.29) is 5.69 Å². The minimum atomic E-state index is 0.227. The van der Waals surface area contributed by atoms with Crippen LogP contribution >= 0.6 is 11.6 Å². The number of hydrogen-bond donors (Lipinski definition) is 0. The van der Waals surface area contributed by atoms with Gasteiger partial charge in [0.15, 0.2) is 11.4 Å². The van der Waals surface area contributed by atoms with Gasteiger partial charge in [0, 0.05) is 6.20 Å². The molecule has 3 nitrogen and oxygen atoms in total. The van der Waals surface area contributed by atoms with E-state index in [4.69, 9.17) is 21.6 Å². The van der Waals surface area contributed by atoms with Crippen LogP contribution in [0.25, 0.3) is 0 Å². The summed E-state index contributed by atoms with van der Waals surface area (Å²) in [6, 6.07) is 1.92. The highest BCUT2D eigenvalue weighted by molar-refractivity contribution is 6.33. The van der Waals surface area contributed by atoms with E-state index in [1.807, 2.05) is 26.8 Å². The van der Waals surface area contributed by atoms with Gasteiger partial charge in [-0.05, 0) is 12.0 Å². The number of halogens is 1. The van der Waals surface area contributed by atoms with Crippen molar-refractivity contribution in [3.05, 3.63) is 22.5 Å². The fraction of sp³-hybridized carbons (Fsp3) is 0.455. The topological polar surface area (TPSA) is 45.9 Å². The molecule has 0 atom stereocenters. The largest absolute Gasteiger partial charge is 0.492 e. The van der Waals surface area contributed by atoms with Gasteiger partial charge in [-0.3, -0.25) is 0 Å². The van der Waals surface area contributed by atoms with E-state index < -0.39 is 0 Å². The Bertz CT molecular complexity index is 358. The molecule has 0 N–H and O–H groups in total. The van der Waals surface area contributed by atoms with E-state index in [1.165, 1.54) is 7.11 Å². The number of nitrogens with zero attached hydrogens (tertiary/aromatic N) is 2. The lowest BCUT2D eigenvalue weighted by atomic mass is 10.2. The zero-order valence-electron chi connectivity index (χ0n) is 9.47. The van der Waals surface area contributed by atoms with Crippen LogP contribution < -0.4 is 4.74 Å². The lowest BCUT2D eigenvalue weighted by Crippen LogP contribution is -1.96. The van der Waals surface area contributed by atoms with Crippen molar-refractivity contribution in [2.45, 2.75) is 27.2 Å². The Morgan fingerprint density at radius 3 is 2.53 bits per heavy atom. The van der Waals surface area contributed by atoms with Crippen molar-refractivity contribution >= 4 is 11.6 Å². The molecule has 0 aliphatic heterocycles. The molecule has 0 aliphatic rings. The Morgan fingerprint density at radius 2 is 2.13 bits per heavy atom. The second-order valence-corrected chi connectivity index (χ2v) is 2.82. The standard InChI is InChI=1S/C9H9ClN2O.C2H6/c1-3-6-5-12-7(4-11)9(13-2)8(6)10;1-2/h5H,3H2,1-2H3;1-2H3. The maximum absolute atomic E-state index is 8.69. The highest BCUT2D eigenvalue weighted by atomic mass is 35.5. The maximum Gasteiger partial charge on any atom is 0.184 e. The van der Waals surface area contributed by atoms with E-state index >= 15 is 0 Å². The predicted octanol–water partition coefficient (Wildman–Crippen LogP) is 3.20. The highest BCUT2D eigenvalue weighted by Gasteiger charge is 2.11. The summed E-state index contributed by atoms with van der Waals surface area (Å²) in [5, 5.41) is 9.17. The molecule has 0 unspecified atom stereocenters. The van der Waals surface area contributed by atoms with Gasteiger partial charge in [-0.1, -0.05) is 32.4 Å². The first-order chi connectivity index (χ1) is 7.24. The number of pyridine rings is 1. The van der Waals surface area contributed by atoms with E-state index in [0.29, 0.717) is 10.8 Å². The van der Waals surface area contributed by atoms with Crippen LogP contribution in [0.15, 0.2) is 6.20 Å². The van der Waals surface area contributed by atoms with E-state index in [0.717, 1.165) is 12.0 Å². The number of ether oxygens (including phenoxy) is 1. The molecule has 0 saturated heterocycles. The fourth-order valence-corrected chi connectivity index (χ4v) is 1.37. The van der Waals surface area contributed by atoms with Crippen LogP contribution in [-0.2, 0) is 6.42 Å². The maximum atomic E-state index is 8.69.